The van der Waals surface area contributed by atoms with Crippen LogP contribution in [0.2, 0.25) is 0 Å². The molecule has 6 heteroatoms. The second-order valence-electron chi connectivity index (χ2n) is 6.78. The Morgan fingerprint density at radius 1 is 0.963 bits per heavy atom. The first-order valence-corrected chi connectivity index (χ1v) is 9.44. The summed E-state index contributed by atoms with van der Waals surface area (Å²) in [4.78, 5) is 32.8. The summed E-state index contributed by atoms with van der Waals surface area (Å²) in [5, 5.41) is 2.92. The number of hydrogen-bond acceptors (Lipinski definition) is 4. The van der Waals surface area contributed by atoms with Crippen molar-refractivity contribution >= 4 is 17.5 Å². The van der Waals surface area contributed by atoms with Crippen molar-refractivity contribution in [2.45, 2.75) is 19.3 Å². The van der Waals surface area contributed by atoms with Crippen LogP contribution in [0.1, 0.15) is 18.4 Å². The van der Waals surface area contributed by atoms with E-state index in [0.29, 0.717) is 19.5 Å². The summed E-state index contributed by atoms with van der Waals surface area (Å²) in [7, 11) is 0. The highest BCUT2D eigenvalue weighted by atomic mass is 16.2. The van der Waals surface area contributed by atoms with Crippen molar-refractivity contribution < 1.29 is 9.59 Å². The molecule has 0 spiro atoms. The third-order valence-corrected chi connectivity index (χ3v) is 4.74. The van der Waals surface area contributed by atoms with Crippen molar-refractivity contribution in [1.29, 1.82) is 0 Å². The monoisotopic (exact) mass is 366 g/mol. The number of aromatic nitrogens is 1. The number of rotatable bonds is 6. The van der Waals surface area contributed by atoms with Gasteiger partial charge in [0.1, 0.15) is 0 Å². The van der Waals surface area contributed by atoms with Gasteiger partial charge in [-0.2, -0.15) is 0 Å². The van der Waals surface area contributed by atoms with E-state index in [4.69, 9.17) is 0 Å². The molecule has 0 bridgehead atoms. The largest absolute Gasteiger partial charge is 0.341 e. The molecule has 2 heterocycles. The van der Waals surface area contributed by atoms with E-state index in [-0.39, 0.29) is 11.8 Å². The van der Waals surface area contributed by atoms with Crippen molar-refractivity contribution in [2.75, 3.05) is 38.0 Å². The van der Waals surface area contributed by atoms with Gasteiger partial charge in [0.25, 0.3) is 0 Å². The third-order valence-electron chi connectivity index (χ3n) is 4.74. The predicted molar refractivity (Wildman–Crippen MR) is 105 cm³/mol. The molecule has 1 aliphatic heterocycles. The summed E-state index contributed by atoms with van der Waals surface area (Å²) in [6.45, 7) is 3.34. The quantitative estimate of drug-likeness (QED) is 0.851. The van der Waals surface area contributed by atoms with Crippen molar-refractivity contribution in [3.8, 4) is 0 Å². The Labute approximate surface area is 160 Å². The highest BCUT2D eigenvalue weighted by molar-refractivity contribution is 5.92. The SMILES string of the molecule is O=C(CN1CCCN(C(=O)CCc2ccncc2)CC1)Nc1ccccc1. The normalized spacial score (nSPS) is 15.2. The van der Waals surface area contributed by atoms with Crippen molar-refractivity contribution in [3.05, 3.63) is 60.4 Å². The molecule has 1 N–H and O–H groups in total. The minimum atomic E-state index is -0.0151. The zero-order chi connectivity index (χ0) is 18.9. The number of carbonyl (C=O) groups is 2. The van der Waals surface area contributed by atoms with E-state index in [0.717, 1.165) is 43.7 Å². The molecule has 27 heavy (non-hydrogen) atoms. The van der Waals surface area contributed by atoms with Crippen molar-refractivity contribution in [1.82, 2.24) is 14.8 Å². The molecule has 142 valence electrons. The zero-order valence-electron chi connectivity index (χ0n) is 15.5. The van der Waals surface area contributed by atoms with Gasteiger partial charge in [-0.25, -0.2) is 0 Å². The first kappa shape index (κ1) is 19.0. The van der Waals surface area contributed by atoms with Crippen molar-refractivity contribution in [3.63, 3.8) is 0 Å². The fourth-order valence-electron chi connectivity index (χ4n) is 3.26. The summed E-state index contributed by atoms with van der Waals surface area (Å²) in [5.41, 5.74) is 1.94. The van der Waals surface area contributed by atoms with Crippen molar-refractivity contribution in [2.24, 2.45) is 0 Å². The van der Waals surface area contributed by atoms with Gasteiger partial charge >= 0.3 is 0 Å². The molecule has 6 nitrogen and oxygen atoms in total. The van der Waals surface area contributed by atoms with Crippen LogP contribution in [-0.2, 0) is 16.0 Å². The van der Waals surface area contributed by atoms with E-state index in [1.165, 1.54) is 0 Å². The van der Waals surface area contributed by atoms with Gasteiger partial charge in [0.2, 0.25) is 11.8 Å². The van der Waals surface area contributed by atoms with E-state index in [2.05, 4.69) is 15.2 Å². The third kappa shape index (κ3) is 6.18. The lowest BCUT2D eigenvalue weighted by Gasteiger charge is -2.22. The fraction of sp³-hybridized carbons (Fsp3) is 0.381. The van der Waals surface area contributed by atoms with Crippen LogP contribution in [0.15, 0.2) is 54.9 Å². The molecule has 3 rings (SSSR count). The van der Waals surface area contributed by atoms with Gasteiger partial charge in [0.05, 0.1) is 6.54 Å². The molecular weight excluding hydrogens is 340 g/mol. The molecule has 0 atom stereocenters. The smallest absolute Gasteiger partial charge is 0.238 e. The number of benzene rings is 1. The number of carbonyl (C=O) groups excluding carboxylic acids is 2. The van der Waals surface area contributed by atoms with Gasteiger partial charge in [0.15, 0.2) is 0 Å². The van der Waals surface area contributed by atoms with Crippen LogP contribution >= 0.6 is 0 Å². The average Bonchev–Trinajstić information content (AvgIpc) is 2.93. The summed E-state index contributed by atoms with van der Waals surface area (Å²) in [6.07, 6.45) is 5.65. The molecule has 2 aromatic rings. The average molecular weight is 366 g/mol. The molecule has 1 aromatic heterocycles. The Bertz CT molecular complexity index is 736. The lowest BCUT2D eigenvalue weighted by molar-refractivity contribution is -0.131. The number of para-hydroxylation sites is 1. The van der Waals surface area contributed by atoms with Gasteiger partial charge in [-0.1, -0.05) is 18.2 Å². The summed E-state index contributed by atoms with van der Waals surface area (Å²) >= 11 is 0. The number of aryl methyl sites for hydroxylation is 1. The number of anilines is 1. The van der Waals surface area contributed by atoms with E-state index < -0.39 is 0 Å². The molecule has 0 saturated carbocycles. The van der Waals surface area contributed by atoms with Crippen LogP contribution in [0.25, 0.3) is 0 Å². The Hall–Kier alpha value is -2.73. The van der Waals surface area contributed by atoms with Gasteiger partial charge < -0.3 is 10.2 Å². The maximum absolute atomic E-state index is 12.5. The number of nitrogens with one attached hydrogen (secondary N) is 1. The first-order chi connectivity index (χ1) is 13.2. The van der Waals surface area contributed by atoms with Crippen LogP contribution in [-0.4, -0.2) is 59.3 Å². The second kappa shape index (κ2) is 9.83. The topological polar surface area (TPSA) is 65.5 Å². The fourth-order valence-corrected chi connectivity index (χ4v) is 3.26. The Kier molecular flexibility index (Phi) is 6.93. The van der Waals surface area contributed by atoms with Gasteiger partial charge in [-0.15, -0.1) is 0 Å². The molecule has 1 fully saturated rings. The van der Waals surface area contributed by atoms with E-state index in [9.17, 15) is 9.59 Å². The Balaban J connectivity index is 1.42. The van der Waals surface area contributed by atoms with E-state index in [1.807, 2.05) is 47.4 Å². The van der Waals surface area contributed by atoms with Gasteiger partial charge in [-0.05, 0) is 42.7 Å². The number of nitrogens with zero attached hydrogens (tertiary/aromatic N) is 3. The Morgan fingerprint density at radius 3 is 2.52 bits per heavy atom. The number of hydrogen-bond donors (Lipinski definition) is 1. The highest BCUT2D eigenvalue weighted by Crippen LogP contribution is 2.09. The molecular formula is C21H26N4O2. The summed E-state index contributed by atoms with van der Waals surface area (Å²) in [6, 6.07) is 13.4. The van der Waals surface area contributed by atoms with Crippen LogP contribution in [0.3, 0.4) is 0 Å². The lowest BCUT2D eigenvalue weighted by atomic mass is 10.1. The molecule has 0 radical (unpaired) electrons. The first-order valence-electron chi connectivity index (χ1n) is 9.44. The predicted octanol–water partition coefficient (Wildman–Crippen LogP) is 2.19. The molecule has 0 unspecified atom stereocenters. The molecule has 1 saturated heterocycles. The zero-order valence-corrected chi connectivity index (χ0v) is 15.5. The molecule has 2 amide bonds. The standard InChI is InChI=1S/C21H26N4O2/c26-20(23-19-5-2-1-3-6-19)17-24-13-4-14-25(16-15-24)21(27)8-7-18-9-11-22-12-10-18/h1-3,5-6,9-12H,4,7-8,13-17H2,(H,23,26). The number of amides is 2. The molecule has 1 aromatic carbocycles. The maximum atomic E-state index is 12.5. The second-order valence-corrected chi connectivity index (χ2v) is 6.78. The maximum Gasteiger partial charge on any atom is 0.238 e. The van der Waals surface area contributed by atoms with Crippen LogP contribution < -0.4 is 5.32 Å². The lowest BCUT2D eigenvalue weighted by Crippen LogP contribution is -2.38. The van der Waals surface area contributed by atoms with E-state index >= 15 is 0 Å². The Morgan fingerprint density at radius 2 is 1.74 bits per heavy atom. The molecule has 0 aliphatic carbocycles. The number of pyridine rings is 1. The van der Waals surface area contributed by atoms with E-state index in [1.54, 1.807) is 12.4 Å². The van der Waals surface area contributed by atoms with Gasteiger partial charge in [-0.3, -0.25) is 19.5 Å². The molecule has 1 aliphatic rings. The van der Waals surface area contributed by atoms with Gasteiger partial charge in [0, 0.05) is 50.7 Å². The van der Waals surface area contributed by atoms with Crippen LogP contribution in [0.4, 0.5) is 5.69 Å². The summed E-state index contributed by atoms with van der Waals surface area (Å²) < 4.78 is 0. The van der Waals surface area contributed by atoms with Crippen LogP contribution in [0.5, 0.6) is 0 Å². The highest BCUT2D eigenvalue weighted by Gasteiger charge is 2.20. The van der Waals surface area contributed by atoms with Crippen LogP contribution in [0, 0.1) is 0 Å². The summed E-state index contributed by atoms with van der Waals surface area (Å²) in [5.74, 6) is 0.168. The minimum absolute atomic E-state index is 0.0151. The minimum Gasteiger partial charge on any atom is -0.341 e.